The molecule has 0 spiro atoms. The van der Waals surface area contributed by atoms with Crippen molar-refractivity contribution < 1.29 is 9.84 Å². The standard InChI is InChI=1S/C27H25N3O2S/c1-16-9-10-17(2)20(11-16)15-33-27-23-12-22-21(14-31)13-28-18(3)24(22)32-26(23)29-25(30-27)19-7-5-4-6-8-19/h4-11,13,31H,12,14-15H2,1-3H3. The highest BCUT2D eigenvalue weighted by molar-refractivity contribution is 7.98. The summed E-state index contributed by atoms with van der Waals surface area (Å²) in [6.45, 7) is 6.09. The molecule has 3 heterocycles. The van der Waals surface area contributed by atoms with Crippen LogP contribution in [-0.2, 0) is 18.8 Å². The number of fused-ring (bicyclic) bond motifs is 2. The van der Waals surface area contributed by atoms with E-state index < -0.39 is 0 Å². The van der Waals surface area contributed by atoms with Crippen LogP contribution in [0.2, 0.25) is 0 Å². The summed E-state index contributed by atoms with van der Waals surface area (Å²) < 4.78 is 6.31. The van der Waals surface area contributed by atoms with Gasteiger partial charge in [-0.15, -0.1) is 11.8 Å². The molecule has 0 saturated carbocycles. The summed E-state index contributed by atoms with van der Waals surface area (Å²) in [6.07, 6.45) is 2.33. The van der Waals surface area contributed by atoms with Gasteiger partial charge in [-0.25, -0.2) is 4.98 Å². The fraction of sp³-hybridized carbons (Fsp3) is 0.222. The Balaban J connectivity index is 1.59. The SMILES string of the molecule is Cc1ccc(C)c(CSc2nc(-c3ccccc3)nc3c2Cc2c(CO)cnc(C)c2O3)c1. The summed E-state index contributed by atoms with van der Waals surface area (Å²) in [5.74, 6) is 2.71. The van der Waals surface area contributed by atoms with Crippen molar-refractivity contribution in [2.45, 2.75) is 44.6 Å². The van der Waals surface area contributed by atoms with Crippen LogP contribution in [0.5, 0.6) is 11.6 Å². The summed E-state index contributed by atoms with van der Waals surface area (Å²) in [5, 5.41) is 10.8. The molecule has 0 unspecified atom stereocenters. The quantitative estimate of drug-likeness (QED) is 0.261. The molecule has 5 nitrogen and oxygen atoms in total. The summed E-state index contributed by atoms with van der Waals surface area (Å²) in [7, 11) is 0. The van der Waals surface area contributed by atoms with Crippen molar-refractivity contribution in [1.29, 1.82) is 0 Å². The molecule has 6 heteroatoms. The molecule has 166 valence electrons. The fourth-order valence-electron chi connectivity index (χ4n) is 4.03. The van der Waals surface area contributed by atoms with Gasteiger partial charge in [0, 0.05) is 35.1 Å². The van der Waals surface area contributed by atoms with Crippen molar-refractivity contribution in [3.8, 4) is 23.0 Å². The second kappa shape index (κ2) is 8.96. The van der Waals surface area contributed by atoms with Crippen LogP contribution in [0.15, 0.2) is 59.8 Å². The number of pyridine rings is 1. The number of nitrogens with zero attached hydrogens (tertiary/aromatic N) is 3. The third kappa shape index (κ3) is 4.24. The van der Waals surface area contributed by atoms with E-state index in [-0.39, 0.29) is 6.61 Å². The van der Waals surface area contributed by atoms with Gasteiger partial charge in [0.1, 0.15) is 5.03 Å². The highest BCUT2D eigenvalue weighted by Gasteiger charge is 2.27. The van der Waals surface area contributed by atoms with Gasteiger partial charge in [-0.1, -0.05) is 54.1 Å². The smallest absolute Gasteiger partial charge is 0.227 e. The Kier molecular flexibility index (Phi) is 5.87. The van der Waals surface area contributed by atoms with Gasteiger partial charge >= 0.3 is 0 Å². The average molecular weight is 456 g/mol. The molecule has 1 N–H and O–H groups in total. The van der Waals surface area contributed by atoms with Crippen molar-refractivity contribution in [3.63, 3.8) is 0 Å². The van der Waals surface area contributed by atoms with Gasteiger partial charge in [0.15, 0.2) is 11.6 Å². The van der Waals surface area contributed by atoms with Gasteiger partial charge in [-0.05, 0) is 31.9 Å². The van der Waals surface area contributed by atoms with Crippen LogP contribution in [0.25, 0.3) is 11.4 Å². The number of aryl methyl sites for hydroxylation is 3. The number of aliphatic hydroxyl groups excluding tert-OH is 1. The lowest BCUT2D eigenvalue weighted by Gasteiger charge is -2.24. The Morgan fingerprint density at radius 1 is 0.970 bits per heavy atom. The third-order valence-electron chi connectivity index (χ3n) is 5.96. The molecule has 0 amide bonds. The summed E-state index contributed by atoms with van der Waals surface area (Å²) in [5.41, 5.74) is 8.24. The Morgan fingerprint density at radius 2 is 1.79 bits per heavy atom. The van der Waals surface area contributed by atoms with Crippen molar-refractivity contribution in [2.75, 3.05) is 0 Å². The first-order chi connectivity index (χ1) is 16.0. The highest BCUT2D eigenvalue weighted by Crippen LogP contribution is 2.43. The first kappa shape index (κ1) is 21.6. The topological polar surface area (TPSA) is 68.1 Å². The number of ether oxygens (including phenoxy) is 1. The van der Waals surface area contributed by atoms with Gasteiger partial charge in [0.25, 0.3) is 0 Å². The number of rotatable bonds is 5. The van der Waals surface area contributed by atoms with E-state index in [9.17, 15) is 5.11 Å². The number of hydrogen-bond acceptors (Lipinski definition) is 6. The van der Waals surface area contributed by atoms with E-state index in [2.05, 4.69) is 37.0 Å². The highest BCUT2D eigenvalue weighted by atomic mass is 32.2. The van der Waals surface area contributed by atoms with E-state index in [1.165, 1.54) is 16.7 Å². The number of thioether (sulfide) groups is 1. The normalized spacial score (nSPS) is 12.1. The van der Waals surface area contributed by atoms with E-state index in [4.69, 9.17) is 14.7 Å². The van der Waals surface area contributed by atoms with Crippen LogP contribution in [0.4, 0.5) is 0 Å². The van der Waals surface area contributed by atoms with Crippen molar-refractivity contribution in [1.82, 2.24) is 15.0 Å². The summed E-state index contributed by atoms with van der Waals surface area (Å²) >= 11 is 1.70. The van der Waals surface area contributed by atoms with Crippen molar-refractivity contribution in [2.24, 2.45) is 0 Å². The first-order valence-electron chi connectivity index (χ1n) is 10.9. The second-order valence-corrected chi connectivity index (χ2v) is 9.30. The minimum atomic E-state index is -0.0811. The molecule has 1 aliphatic heterocycles. The molecule has 2 aromatic carbocycles. The van der Waals surface area contributed by atoms with E-state index in [0.717, 1.165) is 38.7 Å². The number of benzene rings is 2. The Morgan fingerprint density at radius 3 is 2.58 bits per heavy atom. The van der Waals surface area contributed by atoms with Crippen molar-refractivity contribution in [3.05, 3.63) is 93.8 Å². The molecular weight excluding hydrogens is 430 g/mol. The lowest BCUT2D eigenvalue weighted by molar-refractivity contribution is 0.278. The monoisotopic (exact) mass is 455 g/mol. The van der Waals surface area contributed by atoms with Gasteiger partial charge in [-0.2, -0.15) is 4.98 Å². The largest absolute Gasteiger partial charge is 0.436 e. The molecule has 1 aliphatic rings. The molecule has 0 fully saturated rings. The minimum absolute atomic E-state index is 0.0811. The van der Waals surface area contributed by atoms with Gasteiger partial charge < -0.3 is 9.84 Å². The van der Waals surface area contributed by atoms with Crippen LogP contribution in [0.3, 0.4) is 0 Å². The third-order valence-corrected chi connectivity index (χ3v) is 7.03. The number of aliphatic hydroxyl groups is 1. The lowest BCUT2D eigenvalue weighted by atomic mass is 9.99. The average Bonchev–Trinajstić information content (AvgIpc) is 2.84. The molecule has 0 atom stereocenters. The van der Waals surface area contributed by atoms with Crippen LogP contribution in [0, 0.1) is 20.8 Å². The number of hydrogen-bond donors (Lipinski definition) is 1. The molecule has 5 rings (SSSR count). The van der Waals surface area contributed by atoms with Crippen LogP contribution in [-0.4, -0.2) is 20.1 Å². The van der Waals surface area contributed by atoms with Crippen LogP contribution < -0.4 is 4.74 Å². The molecule has 33 heavy (non-hydrogen) atoms. The zero-order chi connectivity index (χ0) is 22.9. The zero-order valence-corrected chi connectivity index (χ0v) is 19.7. The lowest BCUT2D eigenvalue weighted by Crippen LogP contribution is -2.13. The Bertz CT molecular complexity index is 1340. The molecule has 4 aromatic rings. The van der Waals surface area contributed by atoms with Crippen LogP contribution >= 0.6 is 11.8 Å². The maximum absolute atomic E-state index is 9.87. The molecule has 0 bridgehead atoms. The van der Waals surface area contributed by atoms with E-state index >= 15 is 0 Å². The predicted octanol–water partition coefficient (Wildman–Crippen LogP) is 5.94. The van der Waals surface area contributed by atoms with Crippen molar-refractivity contribution >= 4 is 11.8 Å². The first-order valence-corrected chi connectivity index (χ1v) is 11.9. The maximum atomic E-state index is 9.87. The molecule has 0 saturated heterocycles. The summed E-state index contributed by atoms with van der Waals surface area (Å²) in [4.78, 5) is 14.2. The second-order valence-electron chi connectivity index (χ2n) is 8.33. The molecule has 2 aromatic heterocycles. The van der Waals surface area contributed by atoms with Crippen LogP contribution in [0.1, 0.15) is 39.1 Å². The molecule has 0 radical (unpaired) electrons. The summed E-state index contributed by atoms with van der Waals surface area (Å²) in [6, 6.07) is 16.5. The zero-order valence-electron chi connectivity index (χ0n) is 18.9. The number of aromatic nitrogens is 3. The minimum Gasteiger partial charge on any atom is -0.436 e. The maximum Gasteiger partial charge on any atom is 0.227 e. The van der Waals surface area contributed by atoms with E-state index in [1.807, 2.05) is 37.3 Å². The van der Waals surface area contributed by atoms with Gasteiger partial charge in [-0.3, -0.25) is 4.98 Å². The van der Waals surface area contributed by atoms with Gasteiger partial charge in [0.2, 0.25) is 5.88 Å². The fourth-order valence-corrected chi connectivity index (χ4v) is 5.12. The molecule has 0 aliphatic carbocycles. The van der Waals surface area contributed by atoms with E-state index in [1.54, 1.807) is 18.0 Å². The Labute approximate surface area is 197 Å². The van der Waals surface area contributed by atoms with Gasteiger partial charge in [0.05, 0.1) is 17.9 Å². The predicted molar refractivity (Wildman–Crippen MR) is 131 cm³/mol. The van der Waals surface area contributed by atoms with E-state index in [0.29, 0.717) is 23.9 Å². The Hall–Kier alpha value is -3.22. The molecular formula is C27H25N3O2S.